The number of aryl methyl sites for hydroxylation is 2. The van der Waals surface area contributed by atoms with E-state index in [0.717, 1.165) is 93.8 Å². The Kier molecular flexibility index (Phi) is 7.54. The molecule has 0 radical (unpaired) electrons. The number of H-pyrrole nitrogens is 1. The lowest BCUT2D eigenvalue weighted by Crippen LogP contribution is -1.99. The molecule has 5 heterocycles. The molecule has 2 aromatic heterocycles. The lowest BCUT2D eigenvalue weighted by atomic mass is 9.98. The van der Waals surface area contributed by atoms with Crippen LogP contribution < -0.4 is 4.74 Å². The average molecular weight is 548 g/mol. The number of hydrogen-bond acceptors (Lipinski definition) is 6. The highest BCUT2D eigenvalue weighted by Crippen LogP contribution is 2.45. The number of aromatic amines is 1. The molecule has 3 aromatic rings. The molecular formula is C34H37N5O2. The number of nitrogens with zero attached hydrogens (tertiary/aromatic N) is 4. The van der Waals surface area contributed by atoms with Gasteiger partial charge in [-0.25, -0.2) is 9.97 Å². The summed E-state index contributed by atoms with van der Waals surface area (Å²) in [6.07, 6.45) is 8.74. The summed E-state index contributed by atoms with van der Waals surface area (Å²) in [6.45, 7) is 9.41. The number of ether oxygens (including phenoxy) is 1. The zero-order valence-electron chi connectivity index (χ0n) is 24.3. The molecule has 41 heavy (non-hydrogen) atoms. The molecule has 210 valence electrons. The van der Waals surface area contributed by atoms with E-state index in [2.05, 4.69) is 38.7 Å². The van der Waals surface area contributed by atoms with Crippen molar-refractivity contribution in [1.29, 1.82) is 0 Å². The topological polar surface area (TPSA) is 96.8 Å². The fourth-order valence-corrected chi connectivity index (χ4v) is 6.12. The molecule has 3 aliphatic heterocycles. The zero-order chi connectivity index (χ0) is 28.5. The molecule has 1 aromatic carbocycles. The van der Waals surface area contributed by atoms with Crippen molar-refractivity contribution in [3.63, 3.8) is 0 Å². The summed E-state index contributed by atoms with van der Waals surface area (Å²) in [6, 6.07) is 10.1. The number of aromatic nitrogens is 5. The number of aliphatic hydroxyl groups is 1. The van der Waals surface area contributed by atoms with E-state index in [-0.39, 0.29) is 6.61 Å². The highest BCUT2D eigenvalue weighted by Gasteiger charge is 2.29. The third-order valence-electron chi connectivity index (χ3n) is 8.36. The van der Waals surface area contributed by atoms with Crippen LogP contribution in [0.5, 0.6) is 5.75 Å². The highest BCUT2D eigenvalue weighted by molar-refractivity contribution is 5.98. The minimum atomic E-state index is 0.143. The number of para-hydroxylation sites is 2. The Bertz CT molecular complexity index is 1780. The maximum absolute atomic E-state index is 9.63. The van der Waals surface area contributed by atoms with Crippen molar-refractivity contribution in [3.8, 4) is 5.75 Å². The van der Waals surface area contributed by atoms with E-state index in [1.807, 2.05) is 36.7 Å². The number of allylic oxidation sites excluding steroid dienone is 4. The van der Waals surface area contributed by atoms with Crippen LogP contribution in [0.1, 0.15) is 86.8 Å². The Morgan fingerprint density at radius 2 is 1.63 bits per heavy atom. The molecule has 7 heteroatoms. The van der Waals surface area contributed by atoms with Crippen LogP contribution in [0.3, 0.4) is 0 Å². The molecule has 0 atom stereocenters. The van der Waals surface area contributed by atoms with Crippen molar-refractivity contribution in [3.05, 3.63) is 76.6 Å². The normalized spacial score (nSPS) is 14.7. The lowest BCUT2D eigenvalue weighted by Gasteiger charge is -2.09. The number of nitrogens with one attached hydrogen (secondary N) is 1. The number of benzene rings is 1. The lowest BCUT2D eigenvalue weighted by molar-refractivity contribution is 0.288. The molecule has 3 aliphatic rings. The summed E-state index contributed by atoms with van der Waals surface area (Å²) in [5, 5.41) is 9.63. The van der Waals surface area contributed by atoms with Gasteiger partial charge in [0.05, 0.1) is 46.9 Å². The van der Waals surface area contributed by atoms with Crippen LogP contribution in [0.2, 0.25) is 0 Å². The summed E-state index contributed by atoms with van der Waals surface area (Å²) in [5.74, 6) is 0.781. The third-order valence-corrected chi connectivity index (χ3v) is 8.36. The third kappa shape index (κ3) is 4.88. The van der Waals surface area contributed by atoms with Gasteiger partial charge in [0.25, 0.3) is 0 Å². The molecule has 7 nitrogen and oxygen atoms in total. The molecule has 6 bridgehead atoms. The summed E-state index contributed by atoms with van der Waals surface area (Å²) >= 11 is 0. The van der Waals surface area contributed by atoms with Crippen LogP contribution in [0.15, 0.2) is 42.7 Å². The fourth-order valence-electron chi connectivity index (χ4n) is 6.12. The molecule has 0 unspecified atom stereocenters. The summed E-state index contributed by atoms with van der Waals surface area (Å²) in [4.78, 5) is 23.7. The Morgan fingerprint density at radius 1 is 0.902 bits per heavy atom. The summed E-state index contributed by atoms with van der Waals surface area (Å²) in [5.41, 5.74) is 14.2. The van der Waals surface area contributed by atoms with E-state index in [4.69, 9.17) is 24.7 Å². The quantitative estimate of drug-likeness (QED) is 0.345. The maximum atomic E-state index is 9.63. The predicted molar refractivity (Wildman–Crippen MR) is 166 cm³/mol. The first-order valence-corrected chi connectivity index (χ1v) is 14.7. The van der Waals surface area contributed by atoms with Gasteiger partial charge in [0.15, 0.2) is 5.75 Å². The van der Waals surface area contributed by atoms with E-state index in [1.54, 1.807) is 0 Å². The van der Waals surface area contributed by atoms with E-state index < -0.39 is 0 Å². The first-order valence-electron chi connectivity index (χ1n) is 14.7. The number of rotatable bonds is 5. The molecular weight excluding hydrogens is 510 g/mol. The first kappa shape index (κ1) is 27.1. The van der Waals surface area contributed by atoms with Crippen molar-refractivity contribution in [2.24, 2.45) is 0 Å². The Balaban J connectivity index is 1.78. The second-order valence-corrected chi connectivity index (χ2v) is 10.8. The zero-order valence-corrected chi connectivity index (χ0v) is 24.3. The van der Waals surface area contributed by atoms with Crippen molar-refractivity contribution in [2.45, 2.75) is 66.2 Å². The van der Waals surface area contributed by atoms with Gasteiger partial charge in [-0.05, 0) is 104 Å². The molecule has 0 aliphatic carbocycles. The fraction of sp³-hybridized carbons (Fsp3) is 0.353. The molecule has 0 saturated carbocycles. The summed E-state index contributed by atoms with van der Waals surface area (Å²) in [7, 11) is 0. The van der Waals surface area contributed by atoms with E-state index >= 15 is 0 Å². The highest BCUT2D eigenvalue weighted by atomic mass is 16.5. The second kappa shape index (κ2) is 11.4. The Hall–Kier alpha value is -4.10. The van der Waals surface area contributed by atoms with Gasteiger partial charge in [0.2, 0.25) is 0 Å². The maximum Gasteiger partial charge on any atom is 0.171 e. The Morgan fingerprint density at radius 3 is 2.37 bits per heavy atom. The van der Waals surface area contributed by atoms with Gasteiger partial charge < -0.3 is 14.8 Å². The van der Waals surface area contributed by atoms with Crippen LogP contribution in [0.25, 0.3) is 44.4 Å². The minimum absolute atomic E-state index is 0.143. The number of fused-ring (bicyclic) bond motifs is 7. The van der Waals surface area contributed by atoms with Gasteiger partial charge in [-0.1, -0.05) is 26.0 Å². The number of aliphatic hydroxyl groups excluding tert-OH is 1. The predicted octanol–water partition coefficient (Wildman–Crippen LogP) is 7.41. The van der Waals surface area contributed by atoms with Crippen LogP contribution in [0.4, 0.5) is 0 Å². The molecule has 0 spiro atoms. The van der Waals surface area contributed by atoms with Gasteiger partial charge in [-0.15, -0.1) is 0 Å². The van der Waals surface area contributed by atoms with Crippen LogP contribution in [-0.2, 0) is 6.42 Å². The van der Waals surface area contributed by atoms with Gasteiger partial charge in [0.1, 0.15) is 11.4 Å². The van der Waals surface area contributed by atoms with Crippen molar-refractivity contribution >= 4 is 44.4 Å². The standard InChI is InChI=1S/C34H37N5O2/c1-5-22-23(6-2)32-34-33-25(12-10-16-41-34)21(4)31(39-33)19-36-27-14-8-7-13-26(27)35-18-30-20(3)24(11-9-15-40)29(37-30)17-28(22)38-32/h7-8,13-14,17-19,37,40H,5-6,9-12,15-16H2,1-4H3. The first-order chi connectivity index (χ1) is 20.0. The average Bonchev–Trinajstić information content (AvgIpc) is 3.53. The summed E-state index contributed by atoms with van der Waals surface area (Å²) < 4.78 is 6.46. The van der Waals surface area contributed by atoms with Crippen molar-refractivity contribution < 1.29 is 9.84 Å². The molecule has 0 amide bonds. The van der Waals surface area contributed by atoms with Gasteiger partial charge in [-0.2, -0.15) is 0 Å². The van der Waals surface area contributed by atoms with E-state index in [9.17, 15) is 5.11 Å². The molecule has 6 rings (SSSR count). The molecule has 0 fully saturated rings. The van der Waals surface area contributed by atoms with Crippen LogP contribution in [-0.4, -0.2) is 43.2 Å². The molecule has 0 saturated heterocycles. The SMILES string of the molecule is CCC1=C(CC)c2nc1cc1[nH]c(cnc3ccccc3ncc3nc4c2OCCCC4=C3C)c(C)c1CCCO. The van der Waals surface area contributed by atoms with Crippen LogP contribution in [0, 0.1) is 6.92 Å². The van der Waals surface area contributed by atoms with Crippen molar-refractivity contribution in [2.75, 3.05) is 13.2 Å². The van der Waals surface area contributed by atoms with Gasteiger partial charge in [0, 0.05) is 12.1 Å². The van der Waals surface area contributed by atoms with Gasteiger partial charge in [-0.3, -0.25) is 9.97 Å². The molecule has 2 N–H and O–H groups in total. The Labute approximate surface area is 240 Å². The van der Waals surface area contributed by atoms with Gasteiger partial charge >= 0.3 is 0 Å². The monoisotopic (exact) mass is 547 g/mol. The van der Waals surface area contributed by atoms with E-state index in [0.29, 0.717) is 13.0 Å². The van der Waals surface area contributed by atoms with E-state index in [1.165, 1.54) is 22.3 Å². The largest absolute Gasteiger partial charge is 0.489 e. The smallest absolute Gasteiger partial charge is 0.171 e. The van der Waals surface area contributed by atoms with Crippen LogP contribution >= 0.6 is 0 Å². The minimum Gasteiger partial charge on any atom is -0.489 e. The number of hydrogen-bond donors (Lipinski definition) is 2. The second-order valence-electron chi connectivity index (χ2n) is 10.8. The van der Waals surface area contributed by atoms with Crippen molar-refractivity contribution in [1.82, 2.24) is 24.9 Å².